The molecule has 2 aromatic carbocycles. The van der Waals surface area contributed by atoms with Crippen LogP contribution in [-0.2, 0) is 9.53 Å². The zero-order chi connectivity index (χ0) is 19.8. The number of nitrogens with one attached hydrogen (secondary N) is 2. The van der Waals surface area contributed by atoms with Crippen LogP contribution in [0.15, 0.2) is 54.6 Å². The molecule has 0 spiro atoms. The van der Waals surface area contributed by atoms with E-state index in [1.54, 1.807) is 31.4 Å². The van der Waals surface area contributed by atoms with Crippen molar-refractivity contribution in [2.75, 3.05) is 26.9 Å². The average molecular weight is 382 g/mol. The lowest BCUT2D eigenvalue weighted by Gasteiger charge is -2.31. The summed E-state index contributed by atoms with van der Waals surface area (Å²) >= 11 is 0. The van der Waals surface area contributed by atoms with Crippen molar-refractivity contribution >= 4 is 11.8 Å². The van der Waals surface area contributed by atoms with Crippen LogP contribution in [0.4, 0.5) is 0 Å². The summed E-state index contributed by atoms with van der Waals surface area (Å²) in [7, 11) is 1.55. The van der Waals surface area contributed by atoms with Gasteiger partial charge in [0.2, 0.25) is 5.91 Å². The minimum absolute atomic E-state index is 0.0808. The molecule has 1 aliphatic rings. The van der Waals surface area contributed by atoms with Crippen molar-refractivity contribution in [3.63, 3.8) is 0 Å². The van der Waals surface area contributed by atoms with Crippen LogP contribution in [0.3, 0.4) is 0 Å². The van der Waals surface area contributed by atoms with Crippen molar-refractivity contribution in [3.05, 3.63) is 65.7 Å². The van der Waals surface area contributed by atoms with Crippen LogP contribution in [0.1, 0.15) is 34.8 Å². The number of hydrogen-bond donors (Lipinski definition) is 2. The second-order valence-electron chi connectivity index (χ2n) is 6.82. The van der Waals surface area contributed by atoms with Gasteiger partial charge in [0.15, 0.2) is 0 Å². The Labute approximate surface area is 165 Å². The van der Waals surface area contributed by atoms with Gasteiger partial charge in [-0.25, -0.2) is 0 Å². The highest BCUT2D eigenvalue weighted by molar-refractivity contribution is 5.96. The molecule has 0 bridgehead atoms. The minimum Gasteiger partial charge on any atom is -0.497 e. The summed E-state index contributed by atoms with van der Waals surface area (Å²) in [5.41, 5.74) is 1.53. The van der Waals surface area contributed by atoms with Gasteiger partial charge in [-0.15, -0.1) is 0 Å². The lowest BCUT2D eigenvalue weighted by atomic mass is 9.87. The number of carbonyl (C=O) groups is 2. The molecule has 0 aromatic heterocycles. The molecule has 0 radical (unpaired) electrons. The quantitative estimate of drug-likeness (QED) is 0.772. The maximum absolute atomic E-state index is 12.5. The normalized spacial score (nSPS) is 15.5. The molecular formula is C22H26N2O4. The van der Waals surface area contributed by atoms with E-state index in [-0.39, 0.29) is 24.4 Å². The molecule has 6 heteroatoms. The molecule has 6 nitrogen and oxygen atoms in total. The summed E-state index contributed by atoms with van der Waals surface area (Å²) in [5.74, 6) is 0.392. The Kier molecular flexibility index (Phi) is 7.03. The second-order valence-corrected chi connectivity index (χ2v) is 6.82. The van der Waals surface area contributed by atoms with Gasteiger partial charge in [-0.3, -0.25) is 9.59 Å². The van der Waals surface area contributed by atoms with Crippen molar-refractivity contribution < 1.29 is 19.1 Å². The summed E-state index contributed by atoms with van der Waals surface area (Å²) in [6.45, 7) is 1.33. The number of carbonyl (C=O) groups excluding carboxylic acids is 2. The van der Waals surface area contributed by atoms with Gasteiger partial charge in [0, 0.05) is 18.8 Å². The Morgan fingerprint density at radius 2 is 1.86 bits per heavy atom. The molecule has 0 aliphatic carbocycles. The largest absolute Gasteiger partial charge is 0.497 e. The standard InChI is InChI=1S/C22H26N2O4/c1-27-19-9-5-8-18(14-19)22(26)23-15-20(25)24-21(16-6-3-2-4-7-16)17-10-12-28-13-11-17/h2-9,14,17,21H,10-13,15H2,1H3,(H,23,26)(H,24,25). The zero-order valence-electron chi connectivity index (χ0n) is 16.0. The molecular weight excluding hydrogens is 356 g/mol. The first-order valence-electron chi connectivity index (χ1n) is 9.51. The summed E-state index contributed by atoms with van der Waals surface area (Å²) in [6, 6.07) is 16.7. The molecule has 2 aromatic rings. The first-order chi connectivity index (χ1) is 13.7. The Bertz CT molecular complexity index is 788. The molecule has 1 fully saturated rings. The Morgan fingerprint density at radius 3 is 2.57 bits per heavy atom. The summed E-state index contributed by atoms with van der Waals surface area (Å²) in [5, 5.41) is 5.78. The highest BCUT2D eigenvalue weighted by Gasteiger charge is 2.26. The van der Waals surface area contributed by atoms with Gasteiger partial charge in [-0.1, -0.05) is 36.4 Å². The van der Waals surface area contributed by atoms with Crippen molar-refractivity contribution in [1.29, 1.82) is 0 Å². The minimum atomic E-state index is -0.309. The number of rotatable bonds is 7. The van der Waals surface area contributed by atoms with E-state index in [0.717, 1.165) is 18.4 Å². The smallest absolute Gasteiger partial charge is 0.251 e. The Hall–Kier alpha value is -2.86. The monoisotopic (exact) mass is 382 g/mol. The lowest BCUT2D eigenvalue weighted by molar-refractivity contribution is -0.121. The summed E-state index contributed by atoms with van der Waals surface area (Å²) in [4.78, 5) is 24.9. The molecule has 1 saturated heterocycles. The van der Waals surface area contributed by atoms with E-state index in [0.29, 0.717) is 30.4 Å². The SMILES string of the molecule is COc1cccc(C(=O)NCC(=O)NC(c2ccccc2)C2CCOCC2)c1. The van der Waals surface area contributed by atoms with Gasteiger partial charge >= 0.3 is 0 Å². The third-order valence-electron chi connectivity index (χ3n) is 4.95. The van der Waals surface area contributed by atoms with Crippen LogP contribution >= 0.6 is 0 Å². The highest BCUT2D eigenvalue weighted by Crippen LogP contribution is 2.29. The number of ether oxygens (including phenoxy) is 2. The van der Waals surface area contributed by atoms with E-state index in [4.69, 9.17) is 9.47 Å². The fourth-order valence-electron chi connectivity index (χ4n) is 3.43. The molecule has 2 amide bonds. The molecule has 2 N–H and O–H groups in total. The van der Waals surface area contributed by atoms with Gasteiger partial charge in [-0.2, -0.15) is 0 Å². The van der Waals surface area contributed by atoms with Crippen LogP contribution < -0.4 is 15.4 Å². The van der Waals surface area contributed by atoms with E-state index >= 15 is 0 Å². The Morgan fingerprint density at radius 1 is 1.11 bits per heavy atom. The third-order valence-corrected chi connectivity index (χ3v) is 4.95. The van der Waals surface area contributed by atoms with Crippen LogP contribution in [0, 0.1) is 5.92 Å². The van der Waals surface area contributed by atoms with Crippen LogP contribution in [-0.4, -0.2) is 38.7 Å². The molecule has 3 rings (SSSR count). The third kappa shape index (κ3) is 5.33. The van der Waals surface area contributed by atoms with Gasteiger partial charge in [0.25, 0.3) is 5.91 Å². The van der Waals surface area contributed by atoms with Crippen molar-refractivity contribution in [3.8, 4) is 5.75 Å². The van der Waals surface area contributed by atoms with Gasteiger partial charge in [0.1, 0.15) is 5.75 Å². The number of benzene rings is 2. The predicted molar refractivity (Wildman–Crippen MR) is 106 cm³/mol. The molecule has 0 saturated carbocycles. The number of amides is 2. The van der Waals surface area contributed by atoms with Crippen LogP contribution in [0.25, 0.3) is 0 Å². The molecule has 28 heavy (non-hydrogen) atoms. The first kappa shape index (κ1) is 19.9. The van der Waals surface area contributed by atoms with E-state index in [1.165, 1.54) is 0 Å². The van der Waals surface area contributed by atoms with Crippen molar-refractivity contribution in [2.24, 2.45) is 5.92 Å². The number of methoxy groups -OCH3 is 1. The summed E-state index contributed by atoms with van der Waals surface area (Å²) in [6.07, 6.45) is 1.80. The fraction of sp³-hybridized carbons (Fsp3) is 0.364. The predicted octanol–water partition coefficient (Wildman–Crippen LogP) is 2.71. The Balaban J connectivity index is 1.61. The van der Waals surface area contributed by atoms with Crippen LogP contribution in [0.5, 0.6) is 5.75 Å². The molecule has 1 heterocycles. The van der Waals surface area contributed by atoms with E-state index in [9.17, 15) is 9.59 Å². The van der Waals surface area contributed by atoms with Gasteiger partial charge in [-0.05, 0) is 42.5 Å². The van der Waals surface area contributed by atoms with E-state index < -0.39 is 0 Å². The fourth-order valence-corrected chi connectivity index (χ4v) is 3.43. The molecule has 1 aliphatic heterocycles. The van der Waals surface area contributed by atoms with E-state index in [2.05, 4.69) is 10.6 Å². The summed E-state index contributed by atoms with van der Waals surface area (Å²) < 4.78 is 10.6. The highest BCUT2D eigenvalue weighted by atomic mass is 16.5. The molecule has 1 unspecified atom stereocenters. The maximum atomic E-state index is 12.5. The van der Waals surface area contributed by atoms with Crippen LogP contribution in [0.2, 0.25) is 0 Å². The molecule has 148 valence electrons. The second kappa shape index (κ2) is 9.90. The topological polar surface area (TPSA) is 76.7 Å². The van der Waals surface area contributed by atoms with Crippen molar-refractivity contribution in [2.45, 2.75) is 18.9 Å². The zero-order valence-corrected chi connectivity index (χ0v) is 16.0. The van der Waals surface area contributed by atoms with E-state index in [1.807, 2.05) is 30.3 Å². The maximum Gasteiger partial charge on any atom is 0.251 e. The average Bonchev–Trinajstić information content (AvgIpc) is 2.77. The van der Waals surface area contributed by atoms with Gasteiger partial charge < -0.3 is 20.1 Å². The molecule has 1 atom stereocenters. The number of hydrogen-bond acceptors (Lipinski definition) is 4. The van der Waals surface area contributed by atoms with Crippen molar-refractivity contribution in [1.82, 2.24) is 10.6 Å². The first-order valence-corrected chi connectivity index (χ1v) is 9.51. The van der Waals surface area contributed by atoms with Gasteiger partial charge in [0.05, 0.1) is 19.7 Å². The lowest BCUT2D eigenvalue weighted by Crippen LogP contribution is -2.41.